The van der Waals surface area contributed by atoms with Crippen LogP contribution in [0.5, 0.6) is 0 Å². The molecule has 0 spiro atoms. The van der Waals surface area contributed by atoms with Crippen LogP contribution in [0.15, 0.2) is 46.9 Å². The van der Waals surface area contributed by atoms with E-state index in [4.69, 9.17) is 10.5 Å². The number of nitrogens with one attached hydrogen (secondary N) is 2. The van der Waals surface area contributed by atoms with E-state index < -0.39 is 18.5 Å². The molecule has 0 atom stereocenters. The van der Waals surface area contributed by atoms with Gasteiger partial charge in [0.15, 0.2) is 6.61 Å². The molecule has 0 aliphatic rings. The van der Waals surface area contributed by atoms with Gasteiger partial charge in [0.25, 0.3) is 11.8 Å². The highest BCUT2D eigenvalue weighted by molar-refractivity contribution is 9.10. The van der Waals surface area contributed by atoms with Gasteiger partial charge in [-0.15, -0.1) is 0 Å². The van der Waals surface area contributed by atoms with Gasteiger partial charge in [-0.3, -0.25) is 9.59 Å². The predicted octanol–water partition coefficient (Wildman–Crippen LogP) is 3.21. The van der Waals surface area contributed by atoms with E-state index in [1.54, 1.807) is 36.4 Å². The van der Waals surface area contributed by atoms with E-state index >= 15 is 0 Å². The van der Waals surface area contributed by atoms with Crippen molar-refractivity contribution in [3.63, 3.8) is 0 Å². The molecule has 2 aromatic carbocycles. The third kappa shape index (κ3) is 6.09. The molecule has 0 aromatic heterocycles. The Morgan fingerprint density at radius 3 is 2.54 bits per heavy atom. The number of rotatable bonds is 7. The first-order chi connectivity index (χ1) is 13.3. The van der Waals surface area contributed by atoms with E-state index in [1.165, 1.54) is 6.07 Å². The lowest BCUT2D eigenvalue weighted by Crippen LogP contribution is -2.29. The van der Waals surface area contributed by atoms with Crippen molar-refractivity contribution in [2.45, 2.75) is 13.8 Å². The van der Waals surface area contributed by atoms with Crippen LogP contribution in [-0.2, 0) is 9.53 Å². The molecule has 0 heterocycles. The third-order valence-corrected chi connectivity index (χ3v) is 4.18. The Kier molecular flexibility index (Phi) is 7.57. The zero-order valence-corrected chi connectivity index (χ0v) is 17.2. The lowest BCUT2D eigenvalue weighted by Gasteiger charge is -2.13. The standard InChI is InChI=1S/C20H22BrN3O4/c1-12(2)10-23-19(26)14-5-3-4-6-17(14)24-18(25)11-28-20(27)15-9-13(21)7-8-16(15)22/h3-9,12H,10-11,22H2,1-2H3,(H,23,26)(H,24,25). The van der Waals surface area contributed by atoms with E-state index in [9.17, 15) is 14.4 Å². The summed E-state index contributed by atoms with van der Waals surface area (Å²) in [7, 11) is 0. The Bertz CT molecular complexity index is 884. The van der Waals surface area contributed by atoms with Gasteiger partial charge in [0, 0.05) is 16.7 Å². The minimum atomic E-state index is -0.711. The maximum Gasteiger partial charge on any atom is 0.340 e. The summed E-state index contributed by atoms with van der Waals surface area (Å²) in [6, 6.07) is 11.4. The van der Waals surface area contributed by atoms with E-state index in [-0.39, 0.29) is 17.2 Å². The van der Waals surface area contributed by atoms with E-state index in [0.717, 1.165) is 0 Å². The molecular formula is C20H22BrN3O4. The number of ether oxygens (including phenoxy) is 1. The second-order valence-corrected chi connectivity index (χ2v) is 7.42. The van der Waals surface area contributed by atoms with Crippen LogP contribution in [0.2, 0.25) is 0 Å². The molecule has 0 radical (unpaired) electrons. The fraction of sp³-hybridized carbons (Fsp3) is 0.250. The molecule has 7 nitrogen and oxygen atoms in total. The first-order valence-electron chi connectivity index (χ1n) is 8.67. The molecule has 0 saturated carbocycles. The smallest absolute Gasteiger partial charge is 0.340 e. The first-order valence-corrected chi connectivity index (χ1v) is 9.46. The Hall–Kier alpha value is -2.87. The summed E-state index contributed by atoms with van der Waals surface area (Å²) >= 11 is 3.25. The van der Waals surface area contributed by atoms with Crippen molar-refractivity contribution in [3.05, 3.63) is 58.1 Å². The summed E-state index contributed by atoms with van der Waals surface area (Å²) in [6.45, 7) is 3.99. The van der Waals surface area contributed by atoms with Crippen molar-refractivity contribution >= 4 is 45.1 Å². The van der Waals surface area contributed by atoms with Gasteiger partial charge in [0.05, 0.1) is 16.8 Å². The molecule has 28 heavy (non-hydrogen) atoms. The maximum atomic E-state index is 12.3. The van der Waals surface area contributed by atoms with Gasteiger partial charge in [0.1, 0.15) is 0 Å². The van der Waals surface area contributed by atoms with Crippen LogP contribution in [0, 0.1) is 5.92 Å². The first kappa shape index (κ1) is 21.4. The molecule has 0 fully saturated rings. The van der Waals surface area contributed by atoms with Crippen LogP contribution < -0.4 is 16.4 Å². The van der Waals surface area contributed by atoms with E-state index in [2.05, 4.69) is 26.6 Å². The summed E-state index contributed by atoms with van der Waals surface area (Å²) in [5, 5.41) is 5.40. The van der Waals surface area contributed by atoms with Crippen molar-refractivity contribution in [1.82, 2.24) is 5.32 Å². The van der Waals surface area contributed by atoms with Gasteiger partial charge < -0.3 is 21.1 Å². The molecule has 8 heteroatoms. The summed E-state index contributed by atoms with van der Waals surface area (Å²) in [4.78, 5) is 36.6. The second-order valence-electron chi connectivity index (χ2n) is 6.51. The number of nitrogens with two attached hydrogens (primary N) is 1. The highest BCUT2D eigenvalue weighted by Gasteiger charge is 2.16. The highest BCUT2D eigenvalue weighted by atomic mass is 79.9. The summed E-state index contributed by atoms with van der Waals surface area (Å²) in [5.41, 5.74) is 6.84. The summed E-state index contributed by atoms with van der Waals surface area (Å²) in [6.07, 6.45) is 0. The Morgan fingerprint density at radius 1 is 1.11 bits per heavy atom. The number of nitrogen functional groups attached to an aromatic ring is 1. The fourth-order valence-electron chi connectivity index (χ4n) is 2.28. The molecule has 0 bridgehead atoms. The molecular weight excluding hydrogens is 426 g/mol. The van der Waals surface area contributed by atoms with Crippen LogP contribution >= 0.6 is 15.9 Å². The lowest BCUT2D eigenvalue weighted by molar-refractivity contribution is -0.119. The van der Waals surface area contributed by atoms with E-state index in [0.29, 0.717) is 28.2 Å². The zero-order chi connectivity index (χ0) is 20.7. The van der Waals surface area contributed by atoms with Crippen LogP contribution in [0.4, 0.5) is 11.4 Å². The zero-order valence-electron chi connectivity index (χ0n) is 15.6. The lowest BCUT2D eigenvalue weighted by atomic mass is 10.1. The highest BCUT2D eigenvalue weighted by Crippen LogP contribution is 2.19. The normalized spacial score (nSPS) is 10.4. The number of hydrogen-bond donors (Lipinski definition) is 3. The van der Waals surface area contributed by atoms with Crippen LogP contribution in [0.3, 0.4) is 0 Å². The van der Waals surface area contributed by atoms with Crippen LogP contribution in [0.1, 0.15) is 34.6 Å². The number of para-hydroxylation sites is 1. The average molecular weight is 448 g/mol. The maximum absolute atomic E-state index is 12.3. The van der Waals surface area contributed by atoms with Gasteiger partial charge in [-0.05, 0) is 36.2 Å². The van der Waals surface area contributed by atoms with Crippen molar-refractivity contribution in [2.24, 2.45) is 5.92 Å². The van der Waals surface area contributed by atoms with Crippen LogP contribution in [-0.4, -0.2) is 30.9 Å². The van der Waals surface area contributed by atoms with Gasteiger partial charge in [-0.25, -0.2) is 4.79 Å². The van der Waals surface area contributed by atoms with Crippen molar-refractivity contribution in [3.8, 4) is 0 Å². The number of anilines is 2. The van der Waals surface area contributed by atoms with Crippen molar-refractivity contribution in [2.75, 3.05) is 24.2 Å². The topological polar surface area (TPSA) is 111 Å². The number of hydrogen-bond acceptors (Lipinski definition) is 5. The largest absolute Gasteiger partial charge is 0.452 e. The monoisotopic (exact) mass is 447 g/mol. The van der Waals surface area contributed by atoms with Gasteiger partial charge >= 0.3 is 5.97 Å². The second kappa shape index (κ2) is 9.89. The number of amides is 2. The SMILES string of the molecule is CC(C)CNC(=O)c1ccccc1NC(=O)COC(=O)c1cc(Br)ccc1N. The van der Waals surface area contributed by atoms with Gasteiger partial charge in [-0.1, -0.05) is 41.9 Å². The van der Waals surface area contributed by atoms with Gasteiger partial charge in [0.2, 0.25) is 0 Å². The number of benzene rings is 2. The number of halogens is 1. The molecule has 0 saturated heterocycles. The van der Waals surface area contributed by atoms with E-state index in [1.807, 2.05) is 13.8 Å². The Labute approximate surface area is 171 Å². The number of carbonyl (C=O) groups is 3. The summed E-state index contributed by atoms with van der Waals surface area (Å²) < 4.78 is 5.69. The Balaban J connectivity index is 1.99. The molecule has 0 aliphatic carbocycles. The minimum absolute atomic E-state index is 0.163. The molecule has 0 unspecified atom stereocenters. The van der Waals surface area contributed by atoms with Gasteiger partial charge in [-0.2, -0.15) is 0 Å². The Morgan fingerprint density at radius 2 is 1.82 bits per heavy atom. The number of esters is 1. The molecule has 2 aromatic rings. The fourth-order valence-corrected chi connectivity index (χ4v) is 2.64. The molecule has 148 valence electrons. The third-order valence-electron chi connectivity index (χ3n) is 3.69. The number of carbonyl (C=O) groups excluding carboxylic acids is 3. The quantitative estimate of drug-likeness (QED) is 0.445. The van der Waals surface area contributed by atoms with Crippen molar-refractivity contribution < 1.29 is 19.1 Å². The molecule has 2 amide bonds. The minimum Gasteiger partial charge on any atom is -0.452 e. The van der Waals surface area contributed by atoms with Crippen molar-refractivity contribution in [1.29, 1.82) is 0 Å². The molecule has 0 aliphatic heterocycles. The molecule has 4 N–H and O–H groups in total. The predicted molar refractivity (Wildman–Crippen MR) is 111 cm³/mol. The summed E-state index contributed by atoms with van der Waals surface area (Å²) in [5.74, 6) is -1.26. The van der Waals surface area contributed by atoms with Crippen LogP contribution in [0.25, 0.3) is 0 Å². The molecule has 2 rings (SSSR count). The average Bonchev–Trinajstić information content (AvgIpc) is 2.66.